The first kappa shape index (κ1) is 27.8. The second-order valence-corrected chi connectivity index (χ2v) is 10.9. The monoisotopic (exact) mass is 575 g/mol. The van der Waals surface area contributed by atoms with Gasteiger partial charge in [-0.3, -0.25) is 4.79 Å². The molecule has 6 rings (SSSR count). The Kier molecular flexibility index (Phi) is 7.86. The number of benzene rings is 2. The third-order valence-corrected chi connectivity index (χ3v) is 8.22. The number of oxazole rings is 1. The van der Waals surface area contributed by atoms with Gasteiger partial charge in [-0.2, -0.15) is 18.2 Å². The van der Waals surface area contributed by atoms with Crippen LogP contribution in [0.3, 0.4) is 0 Å². The number of pyridine rings is 1. The van der Waals surface area contributed by atoms with Crippen LogP contribution < -0.4 is 15.1 Å². The molecule has 0 unspecified atom stereocenters. The summed E-state index contributed by atoms with van der Waals surface area (Å²) >= 11 is 0. The summed E-state index contributed by atoms with van der Waals surface area (Å²) in [6.07, 6.45) is 0.110. The molecule has 42 heavy (non-hydrogen) atoms. The smallest absolute Gasteiger partial charge is 0.417 e. The van der Waals surface area contributed by atoms with Crippen LogP contribution in [0, 0.1) is 0 Å². The lowest BCUT2D eigenvalue weighted by atomic mass is 9.89. The van der Waals surface area contributed by atoms with E-state index in [-0.39, 0.29) is 11.7 Å². The fraction of sp³-hybridized carbons (Fsp3) is 0.344. The SMILES string of the molecule is O=C(Nc1ccc(N2CCC(c3ccccc3)CC2)nc1)c1oc(N2CCC(c3ccccc3)CC2)nc1C(F)(F)F. The summed E-state index contributed by atoms with van der Waals surface area (Å²) in [5.41, 5.74) is 1.49. The summed E-state index contributed by atoms with van der Waals surface area (Å²) in [7, 11) is 0. The molecule has 2 aromatic heterocycles. The number of aromatic nitrogens is 2. The van der Waals surface area contributed by atoms with Crippen LogP contribution in [-0.2, 0) is 6.18 Å². The number of rotatable bonds is 6. The summed E-state index contributed by atoms with van der Waals surface area (Å²) in [5.74, 6) is -0.289. The number of hydrogen-bond donors (Lipinski definition) is 1. The minimum Gasteiger partial charge on any atom is -0.417 e. The van der Waals surface area contributed by atoms with Gasteiger partial charge >= 0.3 is 6.18 Å². The van der Waals surface area contributed by atoms with Crippen LogP contribution in [-0.4, -0.2) is 42.1 Å². The molecule has 2 saturated heterocycles. The summed E-state index contributed by atoms with van der Waals surface area (Å²) in [6, 6.07) is 23.7. The van der Waals surface area contributed by atoms with E-state index in [0.717, 1.165) is 44.6 Å². The van der Waals surface area contributed by atoms with Gasteiger partial charge in [-0.25, -0.2) is 4.98 Å². The van der Waals surface area contributed by atoms with Crippen LogP contribution in [0.4, 0.5) is 30.7 Å². The van der Waals surface area contributed by atoms with Crippen LogP contribution >= 0.6 is 0 Å². The number of halogens is 3. The Hall–Kier alpha value is -4.34. The number of anilines is 3. The molecule has 4 aromatic rings. The predicted octanol–water partition coefficient (Wildman–Crippen LogP) is 7.11. The van der Waals surface area contributed by atoms with Crippen molar-refractivity contribution >= 4 is 23.4 Å². The Morgan fingerprint density at radius 1 is 0.786 bits per heavy atom. The topological polar surface area (TPSA) is 74.5 Å². The predicted molar refractivity (Wildman–Crippen MR) is 155 cm³/mol. The van der Waals surface area contributed by atoms with Crippen molar-refractivity contribution in [2.45, 2.75) is 43.7 Å². The van der Waals surface area contributed by atoms with Crippen molar-refractivity contribution in [3.05, 3.63) is 102 Å². The second-order valence-electron chi connectivity index (χ2n) is 10.9. The van der Waals surface area contributed by atoms with Gasteiger partial charge in [0, 0.05) is 26.2 Å². The van der Waals surface area contributed by atoms with Crippen LogP contribution in [0.1, 0.15) is 64.9 Å². The highest BCUT2D eigenvalue weighted by atomic mass is 19.4. The second kappa shape index (κ2) is 11.9. The van der Waals surface area contributed by atoms with E-state index in [2.05, 4.69) is 56.6 Å². The molecule has 2 aliphatic heterocycles. The zero-order valence-electron chi connectivity index (χ0n) is 23.1. The Morgan fingerprint density at radius 3 is 1.83 bits per heavy atom. The highest BCUT2D eigenvalue weighted by molar-refractivity contribution is 6.03. The zero-order chi connectivity index (χ0) is 29.1. The highest BCUT2D eigenvalue weighted by Crippen LogP contribution is 2.37. The van der Waals surface area contributed by atoms with Crippen molar-refractivity contribution in [2.75, 3.05) is 41.3 Å². The molecule has 0 atom stereocenters. The fourth-order valence-electron chi connectivity index (χ4n) is 5.92. The van der Waals surface area contributed by atoms with E-state index in [4.69, 9.17) is 4.42 Å². The summed E-state index contributed by atoms with van der Waals surface area (Å²) in [5, 5.41) is 2.50. The molecule has 2 aliphatic rings. The Labute approximate surface area is 242 Å². The molecule has 0 spiro atoms. The van der Waals surface area contributed by atoms with Gasteiger partial charge < -0.3 is 19.5 Å². The summed E-state index contributed by atoms with van der Waals surface area (Å²) in [6.45, 7) is 2.64. The van der Waals surface area contributed by atoms with Crippen molar-refractivity contribution in [1.29, 1.82) is 0 Å². The molecular weight excluding hydrogens is 543 g/mol. The van der Waals surface area contributed by atoms with Gasteiger partial charge in [-0.15, -0.1) is 0 Å². The van der Waals surface area contributed by atoms with E-state index in [9.17, 15) is 18.0 Å². The van der Waals surface area contributed by atoms with Gasteiger partial charge in [0.2, 0.25) is 5.76 Å². The van der Waals surface area contributed by atoms with Crippen molar-refractivity contribution in [1.82, 2.24) is 9.97 Å². The first-order chi connectivity index (χ1) is 20.3. The maximum absolute atomic E-state index is 13.9. The minimum absolute atomic E-state index is 0.189. The number of hydrogen-bond acceptors (Lipinski definition) is 6. The van der Waals surface area contributed by atoms with E-state index >= 15 is 0 Å². The third-order valence-electron chi connectivity index (χ3n) is 8.22. The molecule has 1 amide bonds. The molecule has 2 fully saturated rings. The van der Waals surface area contributed by atoms with Crippen LogP contribution in [0.2, 0.25) is 0 Å². The molecule has 218 valence electrons. The summed E-state index contributed by atoms with van der Waals surface area (Å²) in [4.78, 5) is 25.0. The molecule has 0 aliphatic carbocycles. The lowest BCUT2D eigenvalue weighted by molar-refractivity contribution is -0.141. The Bertz CT molecular complexity index is 1480. The van der Waals surface area contributed by atoms with Gasteiger partial charge in [0.15, 0.2) is 5.69 Å². The third kappa shape index (κ3) is 6.12. The molecule has 0 saturated carbocycles. The van der Waals surface area contributed by atoms with E-state index in [1.165, 1.54) is 17.3 Å². The average Bonchev–Trinajstić information content (AvgIpc) is 3.50. The number of nitrogens with zero attached hydrogens (tertiary/aromatic N) is 4. The minimum atomic E-state index is -4.84. The number of nitrogens with one attached hydrogen (secondary N) is 1. The standard InChI is InChI=1S/C32H32F3N5O2/c33-32(34,35)29-28(42-31(38-29)40-19-15-25(16-20-40)23-9-5-2-6-10-23)30(41)37-26-11-12-27(36-21-26)39-17-13-24(14-18-39)22-7-3-1-4-8-22/h1-12,21,24-25H,13-20H2,(H,37,41). The van der Waals surface area contributed by atoms with Gasteiger partial charge in [0.05, 0.1) is 11.9 Å². The molecular formula is C32H32F3N5O2. The molecule has 2 aromatic carbocycles. The molecule has 1 N–H and O–H groups in total. The molecule has 7 nitrogen and oxygen atoms in total. The lowest BCUT2D eigenvalue weighted by Crippen LogP contribution is -2.33. The average molecular weight is 576 g/mol. The first-order valence-electron chi connectivity index (χ1n) is 14.3. The molecule has 0 radical (unpaired) electrons. The normalized spacial score (nSPS) is 16.9. The zero-order valence-corrected chi connectivity index (χ0v) is 23.1. The largest absolute Gasteiger partial charge is 0.437 e. The molecule has 4 heterocycles. The van der Waals surface area contributed by atoms with Gasteiger partial charge in [-0.05, 0) is 60.8 Å². The van der Waals surface area contributed by atoms with Crippen LogP contribution in [0.5, 0.6) is 0 Å². The molecule has 0 bridgehead atoms. The van der Waals surface area contributed by atoms with Crippen molar-refractivity contribution in [2.24, 2.45) is 0 Å². The number of carbonyl (C=O) groups excluding carboxylic acids is 1. The van der Waals surface area contributed by atoms with Crippen LogP contribution in [0.15, 0.2) is 83.4 Å². The quantitative estimate of drug-likeness (QED) is 0.264. The van der Waals surface area contributed by atoms with Crippen LogP contribution in [0.25, 0.3) is 0 Å². The number of amides is 1. The number of piperidine rings is 2. The van der Waals surface area contributed by atoms with E-state index in [0.29, 0.717) is 24.9 Å². The van der Waals surface area contributed by atoms with Crippen molar-refractivity contribution < 1.29 is 22.4 Å². The van der Waals surface area contributed by atoms with E-state index < -0.39 is 23.5 Å². The maximum Gasteiger partial charge on any atom is 0.437 e. The van der Waals surface area contributed by atoms with Crippen molar-refractivity contribution in [3.8, 4) is 0 Å². The van der Waals surface area contributed by atoms with E-state index in [1.54, 1.807) is 17.0 Å². The maximum atomic E-state index is 13.9. The first-order valence-corrected chi connectivity index (χ1v) is 14.3. The Balaban J connectivity index is 1.09. The van der Waals surface area contributed by atoms with Crippen molar-refractivity contribution in [3.63, 3.8) is 0 Å². The number of alkyl halides is 3. The lowest BCUT2D eigenvalue weighted by Gasteiger charge is -2.33. The fourth-order valence-corrected chi connectivity index (χ4v) is 5.92. The van der Waals surface area contributed by atoms with Gasteiger partial charge in [0.1, 0.15) is 5.82 Å². The van der Waals surface area contributed by atoms with Gasteiger partial charge in [-0.1, -0.05) is 60.7 Å². The van der Waals surface area contributed by atoms with Gasteiger partial charge in [0.25, 0.3) is 11.9 Å². The summed E-state index contributed by atoms with van der Waals surface area (Å²) < 4.78 is 47.1. The number of carbonyl (C=O) groups is 1. The highest BCUT2D eigenvalue weighted by Gasteiger charge is 2.42. The van der Waals surface area contributed by atoms with E-state index in [1.807, 2.05) is 24.3 Å². The Morgan fingerprint density at radius 2 is 1.33 bits per heavy atom. The molecule has 10 heteroatoms.